The van der Waals surface area contributed by atoms with Crippen molar-refractivity contribution in [1.29, 1.82) is 0 Å². The molecule has 0 spiro atoms. The Bertz CT molecular complexity index is 1150. The summed E-state index contributed by atoms with van der Waals surface area (Å²) in [5, 5.41) is 10.3. The molecule has 3 N–H and O–H groups in total. The molecule has 2 aliphatic rings. The molecule has 2 aliphatic heterocycles. The van der Waals surface area contributed by atoms with E-state index in [2.05, 4.69) is 36.1 Å². The maximum atomic E-state index is 12.5. The molecule has 2 saturated heterocycles. The van der Waals surface area contributed by atoms with Crippen LogP contribution in [0, 0.1) is 6.92 Å². The predicted molar refractivity (Wildman–Crippen MR) is 119 cm³/mol. The molecule has 166 valence electrons. The number of hydrogen-bond acceptors (Lipinski definition) is 10. The number of carbonyl (C=O) groups excluding carboxylic acids is 1. The number of morpholine rings is 1. The average Bonchev–Trinajstić information content (AvgIpc) is 3.21. The smallest absolute Gasteiger partial charge is 0.307 e. The van der Waals surface area contributed by atoms with E-state index in [1.54, 1.807) is 6.21 Å². The van der Waals surface area contributed by atoms with E-state index in [-0.39, 0.29) is 29.5 Å². The summed E-state index contributed by atoms with van der Waals surface area (Å²) in [4.78, 5) is 28.0. The normalized spacial score (nSPS) is 17.0. The number of hydrogen-bond donors (Lipinski definition) is 3. The van der Waals surface area contributed by atoms with Crippen molar-refractivity contribution in [2.45, 2.75) is 13.0 Å². The van der Waals surface area contributed by atoms with E-state index in [4.69, 9.17) is 9.15 Å². The van der Waals surface area contributed by atoms with Gasteiger partial charge in [-0.15, -0.1) is 0 Å². The summed E-state index contributed by atoms with van der Waals surface area (Å²) in [6.45, 7) is 5.96. The fraction of sp³-hybridized carbons (Fsp3) is 0.381. The van der Waals surface area contributed by atoms with Gasteiger partial charge in [0.1, 0.15) is 0 Å². The number of hydrazone groups is 1. The van der Waals surface area contributed by atoms with Gasteiger partial charge < -0.3 is 24.7 Å². The van der Waals surface area contributed by atoms with Gasteiger partial charge in [0.05, 0.1) is 25.5 Å². The van der Waals surface area contributed by atoms with Gasteiger partial charge in [-0.25, -0.2) is 5.43 Å². The third kappa shape index (κ3) is 4.39. The molecule has 2 fully saturated rings. The summed E-state index contributed by atoms with van der Waals surface area (Å²) in [5.41, 5.74) is 5.64. The molecule has 1 amide bonds. The zero-order chi connectivity index (χ0) is 21.9. The number of amides is 1. The third-order valence-corrected chi connectivity index (χ3v) is 5.28. The van der Waals surface area contributed by atoms with Crippen molar-refractivity contribution in [3.63, 3.8) is 0 Å². The van der Waals surface area contributed by atoms with Gasteiger partial charge in [0.25, 0.3) is 11.6 Å². The summed E-state index contributed by atoms with van der Waals surface area (Å²) in [5.74, 6) is 0.444. The summed E-state index contributed by atoms with van der Waals surface area (Å²) in [6, 6.07) is 8.05. The Morgan fingerprint density at radius 1 is 1.25 bits per heavy atom. The van der Waals surface area contributed by atoms with Crippen LogP contribution < -0.4 is 21.0 Å². The van der Waals surface area contributed by atoms with Crippen molar-refractivity contribution in [3.05, 3.63) is 41.3 Å². The maximum absolute atomic E-state index is 12.5. The minimum Gasteiger partial charge on any atom is -0.413 e. The summed E-state index contributed by atoms with van der Waals surface area (Å²) >= 11 is 0. The average molecular weight is 436 g/mol. The van der Waals surface area contributed by atoms with E-state index >= 15 is 0 Å². The summed E-state index contributed by atoms with van der Waals surface area (Å²) < 4.78 is 11.2. The van der Waals surface area contributed by atoms with Crippen molar-refractivity contribution in [1.82, 2.24) is 25.6 Å². The third-order valence-electron chi connectivity index (χ3n) is 5.28. The fourth-order valence-electron chi connectivity index (χ4n) is 3.50. The van der Waals surface area contributed by atoms with Crippen molar-refractivity contribution in [2.75, 3.05) is 49.7 Å². The molecular formula is C21H24N8O3. The van der Waals surface area contributed by atoms with Gasteiger partial charge >= 0.3 is 5.91 Å². The van der Waals surface area contributed by atoms with Crippen LogP contribution in [-0.4, -0.2) is 72.5 Å². The summed E-state index contributed by atoms with van der Waals surface area (Å²) in [6.07, 6.45) is 1.70. The van der Waals surface area contributed by atoms with Crippen molar-refractivity contribution >= 4 is 35.1 Å². The first-order chi connectivity index (χ1) is 15.7. The molecule has 11 heteroatoms. The Labute approximate surface area is 184 Å². The Morgan fingerprint density at radius 2 is 2.09 bits per heavy atom. The van der Waals surface area contributed by atoms with E-state index in [1.165, 1.54) is 0 Å². The van der Waals surface area contributed by atoms with E-state index in [0.717, 1.165) is 24.2 Å². The highest BCUT2D eigenvalue weighted by Gasteiger charge is 2.26. The van der Waals surface area contributed by atoms with Gasteiger partial charge in [0, 0.05) is 26.2 Å². The lowest BCUT2D eigenvalue weighted by Gasteiger charge is -2.27. The van der Waals surface area contributed by atoms with Gasteiger partial charge in [-0.3, -0.25) is 4.79 Å². The van der Waals surface area contributed by atoms with Crippen LogP contribution in [0.5, 0.6) is 0 Å². The van der Waals surface area contributed by atoms with Gasteiger partial charge in [0.2, 0.25) is 5.95 Å². The largest absolute Gasteiger partial charge is 0.413 e. The van der Waals surface area contributed by atoms with Crippen molar-refractivity contribution in [2.24, 2.45) is 5.10 Å². The van der Waals surface area contributed by atoms with Crippen molar-refractivity contribution < 1.29 is 13.9 Å². The Morgan fingerprint density at radius 3 is 2.84 bits per heavy atom. The fourth-order valence-corrected chi connectivity index (χ4v) is 3.50. The van der Waals surface area contributed by atoms with Gasteiger partial charge in [-0.05, 0) is 12.5 Å². The minimum atomic E-state index is -0.366. The second-order valence-electron chi connectivity index (χ2n) is 7.76. The highest BCUT2D eigenvalue weighted by molar-refractivity contribution is 5.94. The number of nitrogens with zero attached hydrogens (tertiary/aromatic N) is 5. The van der Waals surface area contributed by atoms with Gasteiger partial charge in [-0.2, -0.15) is 20.1 Å². The van der Waals surface area contributed by atoms with Gasteiger partial charge in [0.15, 0.2) is 11.3 Å². The zero-order valence-corrected chi connectivity index (χ0v) is 17.7. The number of ether oxygens (including phenoxy) is 1. The predicted octanol–water partition coefficient (Wildman–Crippen LogP) is 0.910. The lowest BCUT2D eigenvalue weighted by Crippen LogP contribution is -2.56. The first-order valence-electron chi connectivity index (χ1n) is 10.5. The van der Waals surface area contributed by atoms with Crippen LogP contribution in [0.4, 0.5) is 11.8 Å². The number of nitrogens with one attached hydrogen (secondary N) is 3. The number of rotatable bonds is 6. The van der Waals surface area contributed by atoms with Crippen LogP contribution in [-0.2, 0) is 4.74 Å². The molecule has 1 aromatic carbocycles. The second kappa shape index (κ2) is 8.89. The van der Waals surface area contributed by atoms with E-state index in [1.807, 2.05) is 36.1 Å². The molecule has 0 aliphatic carbocycles. The Balaban J connectivity index is 1.43. The van der Waals surface area contributed by atoms with Crippen LogP contribution >= 0.6 is 0 Å². The molecule has 0 atom stereocenters. The molecule has 0 unspecified atom stereocenters. The minimum absolute atomic E-state index is 0.0314. The SMILES string of the molecule is Cc1cccc(/C=N/Nc2nc(N3CCOCC3)c3nc(C(=O)NC4CNC4)oc3n2)c1. The quantitative estimate of drug-likeness (QED) is 0.381. The molecule has 5 rings (SSSR count). The van der Waals surface area contributed by atoms with Crippen molar-refractivity contribution in [3.8, 4) is 0 Å². The van der Waals surface area contributed by atoms with Crippen LogP contribution in [0.25, 0.3) is 11.2 Å². The van der Waals surface area contributed by atoms with Crippen LogP contribution in [0.2, 0.25) is 0 Å². The van der Waals surface area contributed by atoms with Crippen LogP contribution in [0.15, 0.2) is 33.8 Å². The van der Waals surface area contributed by atoms with Gasteiger partial charge in [-0.1, -0.05) is 29.8 Å². The van der Waals surface area contributed by atoms with Crippen LogP contribution in [0.1, 0.15) is 21.8 Å². The number of benzene rings is 1. The molecule has 3 aromatic rings. The molecule has 2 aromatic heterocycles. The zero-order valence-electron chi connectivity index (χ0n) is 17.7. The molecule has 4 heterocycles. The Kier molecular flexibility index (Phi) is 5.65. The Hall–Kier alpha value is -3.57. The molecular weight excluding hydrogens is 412 g/mol. The number of aryl methyl sites for hydroxylation is 1. The monoisotopic (exact) mass is 436 g/mol. The van der Waals surface area contributed by atoms with E-state index in [9.17, 15) is 4.79 Å². The molecule has 11 nitrogen and oxygen atoms in total. The molecule has 0 bridgehead atoms. The second-order valence-corrected chi connectivity index (χ2v) is 7.76. The molecule has 32 heavy (non-hydrogen) atoms. The number of fused-ring (bicyclic) bond motifs is 1. The molecule has 0 saturated carbocycles. The van der Waals surface area contributed by atoms with Crippen LogP contribution in [0.3, 0.4) is 0 Å². The highest BCUT2D eigenvalue weighted by Crippen LogP contribution is 2.26. The van der Waals surface area contributed by atoms with E-state index < -0.39 is 0 Å². The maximum Gasteiger partial charge on any atom is 0.307 e. The first kappa shape index (κ1) is 20.3. The number of carbonyl (C=O) groups is 1. The van der Waals surface area contributed by atoms with E-state index in [0.29, 0.717) is 37.6 Å². The molecule has 0 radical (unpaired) electrons. The topological polar surface area (TPSA) is 130 Å². The number of anilines is 2. The number of aromatic nitrogens is 3. The lowest BCUT2D eigenvalue weighted by molar-refractivity contribution is 0.0890. The first-order valence-corrected chi connectivity index (χ1v) is 10.5. The number of oxazole rings is 1. The standard InChI is InChI=1S/C21H24N8O3/c1-13-3-2-4-14(9-13)10-23-28-21-26-17(29-5-7-31-8-6-29)16-19(27-21)32-20(25-16)18(30)24-15-11-22-12-15/h2-4,9-10,15,22H,5-8,11-12H2,1H3,(H,24,30)(H,26,27,28)/b23-10+. The lowest BCUT2D eigenvalue weighted by atomic mass is 10.2. The highest BCUT2D eigenvalue weighted by atomic mass is 16.5. The summed E-state index contributed by atoms with van der Waals surface area (Å²) in [7, 11) is 0.